The summed E-state index contributed by atoms with van der Waals surface area (Å²) in [4.78, 5) is 33.8. The molecule has 0 saturated heterocycles. The van der Waals surface area contributed by atoms with Gasteiger partial charge in [0.25, 0.3) is 0 Å². The summed E-state index contributed by atoms with van der Waals surface area (Å²) in [6.07, 6.45) is 1.08. The van der Waals surface area contributed by atoms with Crippen LogP contribution in [0.25, 0.3) is 0 Å². The van der Waals surface area contributed by atoms with Crippen molar-refractivity contribution >= 4 is 17.9 Å². The molecule has 0 aliphatic carbocycles. The molecule has 0 aliphatic rings. The molecule has 7 nitrogen and oxygen atoms in total. The lowest BCUT2D eigenvalue weighted by Crippen LogP contribution is -2.49. The van der Waals surface area contributed by atoms with Crippen LogP contribution in [0.2, 0.25) is 0 Å². The minimum absolute atomic E-state index is 0.224. The minimum atomic E-state index is -0.838. The molecule has 0 spiro atoms. The fraction of sp³-hybridized carbons (Fsp3) is 0.786. The van der Waals surface area contributed by atoms with Gasteiger partial charge in [-0.15, -0.1) is 0 Å². The number of carbonyl (C=O) groups is 3. The van der Waals surface area contributed by atoms with Crippen LogP contribution in [0.15, 0.2) is 0 Å². The van der Waals surface area contributed by atoms with Gasteiger partial charge in [-0.25, -0.2) is 4.79 Å². The topological polar surface area (TPSA) is 108 Å². The monoisotopic (exact) mass is 301 g/mol. The zero-order valence-corrected chi connectivity index (χ0v) is 13.2. The Balaban J connectivity index is 3.83. The Morgan fingerprint density at radius 3 is 2.19 bits per heavy atom. The van der Waals surface area contributed by atoms with Gasteiger partial charge in [-0.05, 0) is 25.7 Å². The molecule has 122 valence electrons. The summed E-state index contributed by atoms with van der Waals surface area (Å²) in [6, 6.07) is -1.04. The first-order chi connectivity index (χ1) is 9.73. The van der Waals surface area contributed by atoms with Crippen LogP contribution in [0, 0.1) is 11.8 Å². The van der Waals surface area contributed by atoms with Crippen molar-refractivity contribution in [1.29, 1.82) is 0 Å². The molecule has 0 radical (unpaired) electrons. The molecular weight excluding hydrogens is 274 g/mol. The maximum atomic E-state index is 11.7. The standard InChI is InChI=1S/C14H27N3O4/c1-9(2)8-16-12(18)11(4)17-14(21)15-7-5-6-10(3)13(19)20/h9-11H,5-8H2,1-4H3,(H,16,18)(H,19,20)(H2,15,17,21). The fourth-order valence-corrected chi connectivity index (χ4v) is 1.50. The van der Waals surface area contributed by atoms with Gasteiger partial charge in [0.2, 0.25) is 5.91 Å². The Morgan fingerprint density at radius 2 is 1.67 bits per heavy atom. The van der Waals surface area contributed by atoms with Gasteiger partial charge < -0.3 is 21.1 Å². The van der Waals surface area contributed by atoms with Crippen LogP contribution in [-0.2, 0) is 9.59 Å². The second-order valence-corrected chi connectivity index (χ2v) is 5.64. The number of rotatable bonds is 9. The first-order valence-electron chi connectivity index (χ1n) is 7.29. The zero-order chi connectivity index (χ0) is 16.4. The van der Waals surface area contributed by atoms with Crippen LogP contribution in [0.5, 0.6) is 0 Å². The average molecular weight is 301 g/mol. The molecule has 0 aliphatic heterocycles. The number of aliphatic carboxylic acids is 1. The van der Waals surface area contributed by atoms with Crippen molar-refractivity contribution in [2.45, 2.75) is 46.6 Å². The summed E-state index contributed by atoms with van der Waals surface area (Å²) < 4.78 is 0. The predicted molar refractivity (Wildman–Crippen MR) is 79.9 cm³/mol. The third-order valence-corrected chi connectivity index (χ3v) is 2.95. The van der Waals surface area contributed by atoms with E-state index in [1.165, 1.54) is 0 Å². The van der Waals surface area contributed by atoms with E-state index in [1.54, 1.807) is 13.8 Å². The number of hydrogen-bond donors (Lipinski definition) is 4. The lowest BCUT2D eigenvalue weighted by Gasteiger charge is -2.15. The van der Waals surface area contributed by atoms with Crippen molar-refractivity contribution in [3.8, 4) is 0 Å². The Kier molecular flexibility index (Phi) is 9.16. The normalized spacial score (nSPS) is 13.4. The molecule has 0 bridgehead atoms. The van der Waals surface area contributed by atoms with Crippen LogP contribution < -0.4 is 16.0 Å². The smallest absolute Gasteiger partial charge is 0.315 e. The third kappa shape index (κ3) is 9.70. The molecule has 0 heterocycles. The number of nitrogens with one attached hydrogen (secondary N) is 3. The first-order valence-corrected chi connectivity index (χ1v) is 7.29. The molecule has 0 rings (SSSR count). The van der Waals surface area contributed by atoms with E-state index in [1.807, 2.05) is 13.8 Å². The summed E-state index contributed by atoms with van der Waals surface area (Å²) >= 11 is 0. The Morgan fingerprint density at radius 1 is 1.05 bits per heavy atom. The van der Waals surface area contributed by atoms with E-state index in [0.717, 1.165) is 0 Å². The lowest BCUT2D eigenvalue weighted by atomic mass is 10.1. The van der Waals surface area contributed by atoms with E-state index >= 15 is 0 Å². The molecule has 2 atom stereocenters. The van der Waals surface area contributed by atoms with Crippen molar-refractivity contribution in [2.24, 2.45) is 11.8 Å². The van der Waals surface area contributed by atoms with Crippen molar-refractivity contribution < 1.29 is 19.5 Å². The van der Waals surface area contributed by atoms with Crippen LogP contribution in [-0.4, -0.2) is 42.1 Å². The fourth-order valence-electron chi connectivity index (χ4n) is 1.50. The molecule has 7 heteroatoms. The SMILES string of the molecule is CC(C)CNC(=O)C(C)NC(=O)NCCCC(C)C(=O)O. The molecule has 21 heavy (non-hydrogen) atoms. The van der Waals surface area contributed by atoms with Crippen molar-refractivity contribution in [1.82, 2.24) is 16.0 Å². The summed E-state index contributed by atoms with van der Waals surface area (Å²) in [6.45, 7) is 8.17. The van der Waals surface area contributed by atoms with E-state index in [-0.39, 0.29) is 5.91 Å². The number of carboxylic acids is 1. The van der Waals surface area contributed by atoms with E-state index < -0.39 is 24.0 Å². The number of urea groups is 1. The highest BCUT2D eigenvalue weighted by Crippen LogP contribution is 2.04. The molecule has 3 amide bonds. The number of hydrogen-bond acceptors (Lipinski definition) is 3. The number of carbonyl (C=O) groups excluding carboxylic acids is 2. The number of amides is 3. The maximum absolute atomic E-state index is 11.7. The van der Waals surface area contributed by atoms with Gasteiger partial charge in [0.05, 0.1) is 5.92 Å². The summed E-state index contributed by atoms with van der Waals surface area (Å²) in [7, 11) is 0. The van der Waals surface area contributed by atoms with Gasteiger partial charge in [0.1, 0.15) is 6.04 Å². The van der Waals surface area contributed by atoms with E-state index in [4.69, 9.17) is 5.11 Å². The molecule has 0 aromatic heterocycles. The van der Waals surface area contributed by atoms with Crippen LogP contribution >= 0.6 is 0 Å². The van der Waals surface area contributed by atoms with Gasteiger partial charge in [0.15, 0.2) is 0 Å². The van der Waals surface area contributed by atoms with Gasteiger partial charge >= 0.3 is 12.0 Å². The van der Waals surface area contributed by atoms with Crippen LogP contribution in [0.4, 0.5) is 4.79 Å². The highest BCUT2D eigenvalue weighted by molar-refractivity contribution is 5.86. The Bertz CT molecular complexity index is 358. The average Bonchev–Trinajstić information content (AvgIpc) is 2.40. The van der Waals surface area contributed by atoms with Crippen molar-refractivity contribution in [3.63, 3.8) is 0 Å². The van der Waals surface area contributed by atoms with E-state index in [2.05, 4.69) is 16.0 Å². The largest absolute Gasteiger partial charge is 0.481 e. The summed E-state index contributed by atoms with van der Waals surface area (Å²) in [5, 5.41) is 16.6. The highest BCUT2D eigenvalue weighted by atomic mass is 16.4. The first kappa shape index (κ1) is 19.2. The number of carboxylic acid groups (broad SMARTS) is 1. The van der Waals surface area contributed by atoms with Gasteiger partial charge in [-0.3, -0.25) is 9.59 Å². The summed E-state index contributed by atoms with van der Waals surface area (Å²) in [5.41, 5.74) is 0. The van der Waals surface area contributed by atoms with Crippen LogP contribution in [0.1, 0.15) is 40.5 Å². The highest BCUT2D eigenvalue weighted by Gasteiger charge is 2.15. The second-order valence-electron chi connectivity index (χ2n) is 5.64. The third-order valence-electron chi connectivity index (χ3n) is 2.95. The Labute approximate surface area is 125 Å². The van der Waals surface area contributed by atoms with Crippen molar-refractivity contribution in [3.05, 3.63) is 0 Å². The minimum Gasteiger partial charge on any atom is -0.481 e. The van der Waals surface area contributed by atoms with Gasteiger partial charge in [0, 0.05) is 13.1 Å². The van der Waals surface area contributed by atoms with Gasteiger partial charge in [-0.2, -0.15) is 0 Å². The van der Waals surface area contributed by atoms with Crippen LogP contribution in [0.3, 0.4) is 0 Å². The molecule has 2 unspecified atom stereocenters. The molecule has 0 saturated carbocycles. The van der Waals surface area contributed by atoms with Crippen molar-refractivity contribution in [2.75, 3.05) is 13.1 Å². The molecule has 0 fully saturated rings. The maximum Gasteiger partial charge on any atom is 0.315 e. The quantitative estimate of drug-likeness (QED) is 0.475. The summed E-state index contributed by atoms with van der Waals surface area (Å²) in [5.74, 6) is -1.13. The zero-order valence-electron chi connectivity index (χ0n) is 13.2. The Hall–Kier alpha value is -1.79. The predicted octanol–water partition coefficient (Wildman–Crippen LogP) is 0.947. The second kappa shape index (κ2) is 10.0. The van der Waals surface area contributed by atoms with Gasteiger partial charge in [-0.1, -0.05) is 20.8 Å². The molecule has 4 N–H and O–H groups in total. The molecular formula is C14H27N3O4. The van der Waals surface area contributed by atoms with E-state index in [0.29, 0.717) is 31.8 Å². The van der Waals surface area contributed by atoms with E-state index in [9.17, 15) is 14.4 Å². The molecule has 0 aromatic carbocycles. The lowest BCUT2D eigenvalue weighted by molar-refractivity contribution is -0.141. The molecule has 0 aromatic rings.